The summed E-state index contributed by atoms with van der Waals surface area (Å²) in [6.45, 7) is 0. The van der Waals surface area contributed by atoms with Gasteiger partial charge < -0.3 is 0 Å². The molecule has 0 amide bonds. The normalized spacial score (nSPS) is 23.0. The van der Waals surface area contributed by atoms with E-state index in [1.165, 1.54) is 18.0 Å². The van der Waals surface area contributed by atoms with Crippen LogP contribution in [0, 0.1) is 11.8 Å². The van der Waals surface area contributed by atoms with Gasteiger partial charge in [-0.1, -0.05) is 11.6 Å². The molecule has 1 fully saturated rings. The first-order valence-corrected chi connectivity index (χ1v) is 8.06. The van der Waals surface area contributed by atoms with Crippen molar-refractivity contribution in [3.63, 3.8) is 0 Å². The molecule has 0 aromatic carbocycles. The van der Waals surface area contributed by atoms with E-state index in [0.717, 1.165) is 4.90 Å². The highest BCUT2D eigenvalue weighted by Crippen LogP contribution is 2.40. The Kier molecular flexibility index (Phi) is 5.54. The number of ketones is 1. The molecule has 1 aromatic rings. The Hall–Kier alpha value is -0.750. The van der Waals surface area contributed by atoms with E-state index in [0.29, 0.717) is 17.9 Å². The van der Waals surface area contributed by atoms with Crippen molar-refractivity contribution in [2.45, 2.75) is 36.8 Å². The molecule has 1 aliphatic carbocycles. The number of halogens is 4. The van der Waals surface area contributed by atoms with Crippen LogP contribution in [-0.2, 0) is 4.79 Å². The highest BCUT2D eigenvalue weighted by Gasteiger charge is 2.42. The topological polar surface area (TPSA) is 30.0 Å². The monoisotopic (exact) mass is 337 g/mol. The number of alkyl halides is 3. The Morgan fingerprint density at radius 2 is 2.00 bits per heavy atom. The third-order valence-electron chi connectivity index (χ3n) is 3.75. The van der Waals surface area contributed by atoms with Gasteiger partial charge in [-0.3, -0.25) is 9.78 Å². The minimum absolute atomic E-state index is 0.00787. The number of rotatable bonds is 4. The molecule has 1 aliphatic rings. The maximum atomic E-state index is 12.6. The molecule has 0 bridgehead atoms. The Bertz CT molecular complexity index is 501. The van der Waals surface area contributed by atoms with Crippen LogP contribution in [0.5, 0.6) is 0 Å². The molecule has 0 aliphatic heterocycles. The van der Waals surface area contributed by atoms with Crippen molar-refractivity contribution in [1.82, 2.24) is 4.98 Å². The van der Waals surface area contributed by atoms with Crippen LogP contribution in [0.15, 0.2) is 23.4 Å². The van der Waals surface area contributed by atoms with Crippen LogP contribution in [0.4, 0.5) is 13.2 Å². The van der Waals surface area contributed by atoms with E-state index in [-0.39, 0.29) is 30.3 Å². The summed E-state index contributed by atoms with van der Waals surface area (Å²) in [5, 5.41) is 0.482. The Morgan fingerprint density at radius 1 is 1.33 bits per heavy atom. The zero-order chi connectivity index (χ0) is 15.5. The quantitative estimate of drug-likeness (QED) is 0.742. The number of hydrogen-bond donors (Lipinski definition) is 0. The van der Waals surface area contributed by atoms with Crippen LogP contribution in [0.1, 0.15) is 25.7 Å². The summed E-state index contributed by atoms with van der Waals surface area (Å²) in [5.74, 6) is -1.25. The summed E-state index contributed by atoms with van der Waals surface area (Å²) in [5.41, 5.74) is 0. The van der Waals surface area contributed by atoms with E-state index in [1.54, 1.807) is 12.3 Å². The SMILES string of the molecule is O=C(CSc1ccncc1Cl)C1CCC(C(F)(F)F)CC1. The lowest BCUT2D eigenvalue weighted by Crippen LogP contribution is -2.30. The minimum atomic E-state index is -4.13. The maximum Gasteiger partial charge on any atom is 0.391 e. The van der Waals surface area contributed by atoms with Gasteiger partial charge in [0.25, 0.3) is 0 Å². The Morgan fingerprint density at radius 3 is 2.57 bits per heavy atom. The first-order valence-electron chi connectivity index (χ1n) is 6.69. The predicted molar refractivity (Wildman–Crippen MR) is 76.5 cm³/mol. The summed E-state index contributed by atoms with van der Waals surface area (Å²) >= 11 is 7.25. The number of aromatic nitrogens is 1. The number of pyridine rings is 1. The number of carbonyl (C=O) groups is 1. The fourth-order valence-corrected chi connectivity index (χ4v) is 3.65. The fourth-order valence-electron chi connectivity index (χ4n) is 2.49. The standard InChI is InChI=1S/C14H15ClF3NOS/c15-11-7-19-6-5-13(11)21-8-12(20)9-1-3-10(4-2-9)14(16,17)18/h5-7,9-10H,1-4,8H2. The maximum absolute atomic E-state index is 12.6. The second-order valence-electron chi connectivity index (χ2n) is 5.15. The number of hydrogen-bond acceptors (Lipinski definition) is 3. The molecule has 0 spiro atoms. The van der Waals surface area contributed by atoms with Gasteiger partial charge in [0, 0.05) is 23.2 Å². The summed E-state index contributed by atoms with van der Waals surface area (Å²) < 4.78 is 37.7. The molecular formula is C14H15ClF3NOS. The molecule has 2 nitrogen and oxygen atoms in total. The van der Waals surface area contributed by atoms with Crippen molar-refractivity contribution in [2.75, 3.05) is 5.75 Å². The van der Waals surface area contributed by atoms with Crippen molar-refractivity contribution in [2.24, 2.45) is 11.8 Å². The molecule has 1 aromatic heterocycles. The second kappa shape index (κ2) is 7.01. The fraction of sp³-hybridized carbons (Fsp3) is 0.571. The molecule has 0 N–H and O–H groups in total. The van der Waals surface area contributed by atoms with Crippen molar-refractivity contribution in [1.29, 1.82) is 0 Å². The summed E-state index contributed by atoms with van der Waals surface area (Å²) in [6, 6.07) is 1.72. The minimum Gasteiger partial charge on any atom is -0.298 e. The average Bonchev–Trinajstić information content (AvgIpc) is 2.45. The largest absolute Gasteiger partial charge is 0.391 e. The lowest BCUT2D eigenvalue weighted by atomic mass is 9.80. The molecule has 0 radical (unpaired) electrons. The van der Waals surface area contributed by atoms with Gasteiger partial charge in [0.15, 0.2) is 0 Å². The highest BCUT2D eigenvalue weighted by atomic mass is 35.5. The lowest BCUT2D eigenvalue weighted by molar-refractivity contribution is -0.184. The number of carbonyl (C=O) groups excluding carboxylic acids is 1. The Balaban J connectivity index is 1.82. The van der Waals surface area contributed by atoms with Crippen molar-refractivity contribution in [3.8, 4) is 0 Å². The van der Waals surface area contributed by atoms with E-state index in [2.05, 4.69) is 4.98 Å². The lowest BCUT2D eigenvalue weighted by Gasteiger charge is -2.29. The van der Waals surface area contributed by atoms with Crippen molar-refractivity contribution >= 4 is 29.1 Å². The van der Waals surface area contributed by atoms with E-state index in [9.17, 15) is 18.0 Å². The number of nitrogens with zero attached hydrogens (tertiary/aromatic N) is 1. The highest BCUT2D eigenvalue weighted by molar-refractivity contribution is 8.00. The van der Waals surface area contributed by atoms with Crippen LogP contribution in [0.25, 0.3) is 0 Å². The van der Waals surface area contributed by atoms with Crippen LogP contribution < -0.4 is 0 Å². The first-order chi connectivity index (χ1) is 9.88. The molecule has 1 saturated carbocycles. The van der Waals surface area contributed by atoms with Gasteiger partial charge in [-0.2, -0.15) is 13.2 Å². The van der Waals surface area contributed by atoms with Gasteiger partial charge in [0.05, 0.1) is 16.7 Å². The molecule has 0 unspecified atom stereocenters. The average molecular weight is 338 g/mol. The van der Waals surface area contributed by atoms with Crippen molar-refractivity contribution < 1.29 is 18.0 Å². The van der Waals surface area contributed by atoms with E-state index < -0.39 is 12.1 Å². The van der Waals surface area contributed by atoms with Gasteiger partial charge in [0.2, 0.25) is 0 Å². The van der Waals surface area contributed by atoms with E-state index in [4.69, 9.17) is 11.6 Å². The summed E-state index contributed by atoms with van der Waals surface area (Å²) in [6.07, 6.45) is -0.272. The zero-order valence-corrected chi connectivity index (χ0v) is 12.8. The molecule has 0 saturated heterocycles. The molecule has 21 heavy (non-hydrogen) atoms. The third kappa shape index (κ3) is 4.61. The van der Waals surface area contributed by atoms with Crippen LogP contribution in [-0.4, -0.2) is 22.7 Å². The zero-order valence-electron chi connectivity index (χ0n) is 11.2. The van der Waals surface area contributed by atoms with Crippen LogP contribution in [0.3, 0.4) is 0 Å². The molecule has 2 rings (SSSR count). The van der Waals surface area contributed by atoms with Crippen LogP contribution in [0.2, 0.25) is 5.02 Å². The van der Waals surface area contributed by atoms with Gasteiger partial charge >= 0.3 is 6.18 Å². The molecule has 0 atom stereocenters. The number of Topliss-reactive ketones (excluding diaryl/α,β-unsaturated/α-hetero) is 1. The number of thioether (sulfide) groups is 1. The molecular weight excluding hydrogens is 323 g/mol. The van der Waals surface area contributed by atoms with Gasteiger partial charge in [-0.05, 0) is 31.7 Å². The summed E-state index contributed by atoms with van der Waals surface area (Å²) in [4.78, 5) is 16.7. The van der Waals surface area contributed by atoms with Crippen molar-refractivity contribution in [3.05, 3.63) is 23.5 Å². The predicted octanol–water partition coefficient (Wildman–Crippen LogP) is 4.76. The van der Waals surface area contributed by atoms with E-state index in [1.807, 2.05) is 0 Å². The molecule has 1 heterocycles. The second-order valence-corrected chi connectivity index (χ2v) is 6.58. The van der Waals surface area contributed by atoms with E-state index >= 15 is 0 Å². The van der Waals surface area contributed by atoms with Gasteiger partial charge in [0.1, 0.15) is 5.78 Å². The molecule has 116 valence electrons. The third-order valence-corrected chi connectivity index (χ3v) is 5.26. The van der Waals surface area contributed by atoms with Gasteiger partial charge in [-0.25, -0.2) is 0 Å². The molecule has 7 heteroatoms. The summed E-state index contributed by atoms with van der Waals surface area (Å²) in [7, 11) is 0. The Labute approximate surface area is 130 Å². The van der Waals surface area contributed by atoms with Crippen LogP contribution >= 0.6 is 23.4 Å². The first kappa shape index (κ1) is 16.6. The van der Waals surface area contributed by atoms with Gasteiger partial charge in [-0.15, -0.1) is 11.8 Å². The smallest absolute Gasteiger partial charge is 0.298 e.